The van der Waals surface area contributed by atoms with Gasteiger partial charge in [-0.15, -0.1) is 0 Å². The monoisotopic (exact) mass is 1070 g/mol. The Morgan fingerprint density at radius 1 is 0.595 bits per heavy atom. The van der Waals surface area contributed by atoms with Crippen LogP contribution in [0.5, 0.6) is 0 Å². The second kappa shape index (κ2) is 31.3. The van der Waals surface area contributed by atoms with Crippen molar-refractivity contribution in [1.29, 1.82) is 0 Å². The molecule has 0 aliphatic carbocycles. The summed E-state index contributed by atoms with van der Waals surface area (Å²) in [5, 5.41) is 17.9. The van der Waals surface area contributed by atoms with Gasteiger partial charge in [0, 0.05) is 38.1 Å². The molecular formula is C19H31BBr3Cu3N7S3W-4. The van der Waals surface area contributed by atoms with Gasteiger partial charge in [-0.05, 0) is 59.7 Å². The molecule has 37 heavy (non-hydrogen) atoms. The van der Waals surface area contributed by atoms with Crippen LogP contribution in [0.1, 0.15) is 48.0 Å². The Hall–Kier alpha value is 2.39. The van der Waals surface area contributed by atoms with Crippen molar-refractivity contribution < 1.29 is 123 Å². The largest absolute Gasteiger partial charge is 2.00 e. The molecular weight excluding hydrogens is 1050 g/mol. The Kier molecular flexibility index (Phi) is 53.2. The van der Waals surface area contributed by atoms with Crippen LogP contribution < -0.4 is 50.9 Å². The van der Waals surface area contributed by atoms with E-state index in [0.29, 0.717) is 0 Å². The van der Waals surface area contributed by atoms with E-state index in [0.717, 1.165) is 47.3 Å². The maximum absolute atomic E-state index is 4.66. The van der Waals surface area contributed by atoms with E-state index in [1.165, 1.54) is 0 Å². The molecule has 0 saturated carbocycles. The predicted octanol–water partition coefficient (Wildman–Crippen LogP) is -5.55. The van der Waals surface area contributed by atoms with Crippen molar-refractivity contribution in [3.05, 3.63) is 57.7 Å². The maximum Gasteiger partial charge on any atom is 2.00 e. The molecule has 3 aromatic rings. The Morgan fingerprint density at radius 2 is 0.811 bits per heavy atom. The van der Waals surface area contributed by atoms with Crippen molar-refractivity contribution in [2.24, 2.45) is 0 Å². The third kappa shape index (κ3) is 18.5. The van der Waals surface area contributed by atoms with Crippen molar-refractivity contribution in [3.8, 4) is 0 Å². The number of rotatable bonds is 5. The molecule has 0 atom stereocenters. The fraction of sp³-hybridized carbons (Fsp3) is 0.526. The number of hydrogen-bond donors (Lipinski definition) is 0. The SMILES string of the molecule is CC[N-]CC.Cc1cc(C)n(B(n2nc(C)cc2C)n2nc(C)cc2C)n1.[Br-].[Br-].[Br-].[Cu+2].[Cu+2].[Cu+2].[S-2].[S-2].[S-2].[W]. The minimum absolute atomic E-state index is 0. The second-order valence-corrected chi connectivity index (χ2v) is 6.82. The van der Waals surface area contributed by atoms with E-state index in [1.807, 2.05) is 48.4 Å². The van der Waals surface area contributed by atoms with Gasteiger partial charge < -0.3 is 96.7 Å². The zero-order valence-electron chi connectivity index (χ0n) is 21.5. The van der Waals surface area contributed by atoms with E-state index in [1.54, 1.807) is 0 Å². The second-order valence-electron chi connectivity index (χ2n) is 6.82. The van der Waals surface area contributed by atoms with E-state index < -0.39 is 0 Å². The average molecular weight is 1080 g/mol. The molecule has 3 rings (SSSR count). The van der Waals surface area contributed by atoms with Crippen LogP contribution in [0.2, 0.25) is 0 Å². The van der Waals surface area contributed by atoms with Crippen LogP contribution in [0.3, 0.4) is 0 Å². The van der Waals surface area contributed by atoms with Crippen molar-refractivity contribution >= 4 is 47.6 Å². The van der Waals surface area contributed by atoms with Gasteiger partial charge in [0.2, 0.25) is 0 Å². The van der Waals surface area contributed by atoms with Crippen molar-refractivity contribution in [3.63, 3.8) is 0 Å². The van der Waals surface area contributed by atoms with E-state index in [2.05, 4.69) is 59.6 Å². The summed E-state index contributed by atoms with van der Waals surface area (Å²) in [5.41, 5.74) is 6.23. The minimum atomic E-state index is -0.226. The van der Waals surface area contributed by atoms with E-state index >= 15 is 0 Å². The molecule has 0 spiro atoms. The molecule has 3 aromatic heterocycles. The fourth-order valence-electron chi connectivity index (χ4n) is 3.17. The standard InChI is InChI=1S/C15H21BN6.C4H10N.3BrH.3Cu.3S.W/c1-10-7-13(4)20(17-10)16(21-14(5)8-11(2)18-21)22-15(6)9-12(3)19-22;1-3-5-4-2;;;;;;;;;;/h7-9H,1-6H3;3-4H2,1-2H3;3*1H;;;;;;;/q;-1;;;;3*+2;3*-2;/p-3. The van der Waals surface area contributed by atoms with Gasteiger partial charge in [-0.3, -0.25) is 13.8 Å². The van der Waals surface area contributed by atoms with Gasteiger partial charge in [-0.1, -0.05) is 13.8 Å². The summed E-state index contributed by atoms with van der Waals surface area (Å²) in [5.74, 6) is 0. The summed E-state index contributed by atoms with van der Waals surface area (Å²) in [6.07, 6.45) is 0. The summed E-state index contributed by atoms with van der Waals surface area (Å²) in [6, 6.07) is 6.22. The molecule has 18 heteroatoms. The first kappa shape index (κ1) is 62.9. The Labute approximate surface area is 322 Å². The quantitative estimate of drug-likeness (QED) is 0.240. The molecule has 0 N–H and O–H groups in total. The zero-order valence-corrected chi connectivity index (χ0v) is 34.5. The van der Waals surface area contributed by atoms with Gasteiger partial charge in [0.1, 0.15) is 0 Å². The van der Waals surface area contributed by atoms with Gasteiger partial charge in [-0.25, -0.2) is 0 Å². The van der Waals surface area contributed by atoms with E-state index in [9.17, 15) is 0 Å². The van der Waals surface area contributed by atoms with Crippen molar-refractivity contribution in [1.82, 2.24) is 29.1 Å². The Balaban J connectivity index is -0.0000000690. The maximum atomic E-state index is 4.66. The molecule has 0 bridgehead atoms. The molecule has 0 aliphatic rings. The third-order valence-corrected chi connectivity index (χ3v) is 4.24. The molecule has 3 radical (unpaired) electrons. The third-order valence-electron chi connectivity index (χ3n) is 4.24. The van der Waals surface area contributed by atoms with Gasteiger partial charge in [0.25, 0.3) is 0 Å². The Bertz CT molecular complexity index is 813. The van der Waals surface area contributed by atoms with E-state index in [-0.39, 0.29) is 171 Å². The molecule has 7 nitrogen and oxygen atoms in total. The average Bonchev–Trinajstić information content (AvgIpc) is 3.20. The summed E-state index contributed by atoms with van der Waals surface area (Å²) < 4.78 is 5.94. The Morgan fingerprint density at radius 3 is 0.919 bits per heavy atom. The number of halogens is 3. The summed E-state index contributed by atoms with van der Waals surface area (Å²) in [6.45, 7) is 18.2. The van der Waals surface area contributed by atoms with Crippen LogP contribution in [0, 0.1) is 41.5 Å². The molecule has 0 unspecified atom stereocenters. The first-order chi connectivity index (χ1) is 12.8. The van der Waals surface area contributed by atoms with Crippen LogP contribution in [0.15, 0.2) is 18.2 Å². The van der Waals surface area contributed by atoms with Gasteiger partial charge >= 0.3 is 58.3 Å². The predicted molar refractivity (Wildman–Crippen MR) is 134 cm³/mol. The van der Waals surface area contributed by atoms with Gasteiger partial charge in [0.15, 0.2) is 0 Å². The van der Waals surface area contributed by atoms with Crippen LogP contribution >= 0.6 is 0 Å². The zero-order chi connectivity index (χ0) is 20.1. The molecule has 227 valence electrons. The topological polar surface area (TPSA) is 67.6 Å². The van der Waals surface area contributed by atoms with Gasteiger partial charge in [-0.2, -0.15) is 28.4 Å². The number of aromatic nitrogens is 6. The molecule has 0 saturated heterocycles. The minimum Gasteiger partial charge on any atom is -2.00 e. The molecule has 3 heterocycles. The van der Waals surface area contributed by atoms with Crippen LogP contribution in [0.4, 0.5) is 0 Å². The summed E-state index contributed by atoms with van der Waals surface area (Å²) in [4.78, 5) is 0. The molecule has 0 aliphatic heterocycles. The molecule has 0 amide bonds. The van der Waals surface area contributed by atoms with Crippen LogP contribution in [-0.2, 0) is 113 Å². The van der Waals surface area contributed by atoms with Crippen LogP contribution in [0.25, 0.3) is 5.32 Å². The van der Waals surface area contributed by atoms with Crippen molar-refractivity contribution in [2.75, 3.05) is 13.1 Å². The number of nitrogens with zero attached hydrogens (tertiary/aromatic N) is 7. The normalized spacial score (nSPS) is 7.78. The summed E-state index contributed by atoms with van der Waals surface area (Å²) >= 11 is 0. The van der Waals surface area contributed by atoms with Crippen molar-refractivity contribution in [2.45, 2.75) is 55.4 Å². The first-order valence-corrected chi connectivity index (χ1v) is 9.49. The fourth-order valence-corrected chi connectivity index (χ4v) is 3.17. The number of aryl methyl sites for hydroxylation is 6. The number of hydrogen-bond acceptors (Lipinski definition) is 3. The first-order valence-electron chi connectivity index (χ1n) is 9.49. The van der Waals surface area contributed by atoms with Crippen LogP contribution in [-0.4, -0.2) is 49.3 Å². The van der Waals surface area contributed by atoms with E-state index in [4.69, 9.17) is 0 Å². The molecule has 0 aromatic carbocycles. The summed E-state index contributed by atoms with van der Waals surface area (Å²) in [7, 11) is -0.226. The smallest absolute Gasteiger partial charge is 2.00 e. The van der Waals surface area contributed by atoms with Gasteiger partial charge in [0.05, 0.1) is 17.1 Å². The molecule has 0 fully saturated rings.